The molecule has 3 aromatic rings. The van der Waals surface area contributed by atoms with Crippen molar-refractivity contribution in [1.29, 1.82) is 0 Å². The zero-order valence-electron chi connectivity index (χ0n) is 12.7. The molecule has 1 heterocycles. The van der Waals surface area contributed by atoms with Gasteiger partial charge < -0.3 is 9.15 Å². The van der Waals surface area contributed by atoms with Gasteiger partial charge in [-0.15, -0.1) is 0 Å². The van der Waals surface area contributed by atoms with Crippen LogP contribution in [0.5, 0.6) is 5.75 Å². The lowest BCUT2D eigenvalue weighted by Gasteiger charge is -2.08. The normalized spacial score (nSPS) is 10.8. The van der Waals surface area contributed by atoms with E-state index in [9.17, 15) is 4.79 Å². The SMILES string of the molecule is Cc1ccc(/C=C/C(=O)Oc2ccccc2-c2ccccc2)o1. The summed E-state index contributed by atoms with van der Waals surface area (Å²) in [4.78, 5) is 12.0. The van der Waals surface area contributed by atoms with Crippen LogP contribution in [0.25, 0.3) is 17.2 Å². The summed E-state index contributed by atoms with van der Waals surface area (Å²) >= 11 is 0. The van der Waals surface area contributed by atoms with Crippen LogP contribution in [-0.4, -0.2) is 5.97 Å². The van der Waals surface area contributed by atoms with E-state index in [0.717, 1.165) is 16.9 Å². The monoisotopic (exact) mass is 304 g/mol. The molecule has 0 amide bonds. The maximum Gasteiger partial charge on any atom is 0.336 e. The van der Waals surface area contributed by atoms with Crippen LogP contribution in [0.3, 0.4) is 0 Å². The summed E-state index contributed by atoms with van der Waals surface area (Å²) in [5.41, 5.74) is 1.88. The van der Waals surface area contributed by atoms with E-state index in [0.29, 0.717) is 11.5 Å². The average molecular weight is 304 g/mol. The van der Waals surface area contributed by atoms with Crippen LogP contribution >= 0.6 is 0 Å². The van der Waals surface area contributed by atoms with Gasteiger partial charge in [-0.2, -0.15) is 0 Å². The third-order valence-corrected chi connectivity index (χ3v) is 3.33. The van der Waals surface area contributed by atoms with Gasteiger partial charge in [-0.05, 0) is 36.8 Å². The summed E-state index contributed by atoms with van der Waals surface area (Å²) in [6, 6.07) is 20.9. The number of hydrogen-bond acceptors (Lipinski definition) is 3. The molecule has 3 rings (SSSR count). The molecule has 0 spiro atoms. The summed E-state index contributed by atoms with van der Waals surface area (Å²) in [5, 5.41) is 0. The highest BCUT2D eigenvalue weighted by Gasteiger charge is 2.08. The Balaban J connectivity index is 1.78. The summed E-state index contributed by atoms with van der Waals surface area (Å²) in [5.74, 6) is 1.51. The average Bonchev–Trinajstić information content (AvgIpc) is 3.00. The minimum absolute atomic E-state index is 0.442. The number of hydrogen-bond donors (Lipinski definition) is 0. The van der Waals surface area contributed by atoms with Gasteiger partial charge in [0.1, 0.15) is 17.3 Å². The largest absolute Gasteiger partial charge is 0.462 e. The van der Waals surface area contributed by atoms with Crippen LogP contribution in [0.15, 0.2) is 77.2 Å². The van der Waals surface area contributed by atoms with E-state index in [2.05, 4.69) is 0 Å². The topological polar surface area (TPSA) is 39.4 Å². The Bertz CT molecular complexity index is 829. The van der Waals surface area contributed by atoms with Gasteiger partial charge in [0.15, 0.2) is 0 Å². The second kappa shape index (κ2) is 6.79. The number of esters is 1. The number of para-hydroxylation sites is 1. The molecule has 0 unspecified atom stereocenters. The van der Waals surface area contributed by atoms with Crippen LogP contribution in [0.2, 0.25) is 0 Å². The van der Waals surface area contributed by atoms with Crippen molar-refractivity contribution in [2.75, 3.05) is 0 Å². The van der Waals surface area contributed by atoms with Crippen LogP contribution in [0.1, 0.15) is 11.5 Å². The van der Waals surface area contributed by atoms with Crippen LogP contribution < -0.4 is 4.74 Å². The molecule has 2 aromatic carbocycles. The molecule has 0 N–H and O–H groups in total. The first kappa shape index (κ1) is 14.9. The van der Waals surface area contributed by atoms with Crippen LogP contribution in [-0.2, 0) is 4.79 Å². The second-order valence-electron chi connectivity index (χ2n) is 5.07. The number of aryl methyl sites for hydroxylation is 1. The maximum absolute atomic E-state index is 12.0. The lowest BCUT2D eigenvalue weighted by molar-refractivity contribution is -0.128. The van der Waals surface area contributed by atoms with E-state index >= 15 is 0 Å². The third kappa shape index (κ3) is 3.77. The van der Waals surface area contributed by atoms with Crippen molar-refractivity contribution < 1.29 is 13.9 Å². The second-order valence-corrected chi connectivity index (χ2v) is 5.07. The number of rotatable bonds is 4. The van der Waals surface area contributed by atoms with Gasteiger partial charge in [-0.25, -0.2) is 4.79 Å². The number of benzene rings is 2. The highest BCUT2D eigenvalue weighted by molar-refractivity contribution is 5.89. The van der Waals surface area contributed by atoms with Gasteiger partial charge in [0, 0.05) is 11.6 Å². The van der Waals surface area contributed by atoms with Crippen molar-refractivity contribution >= 4 is 12.0 Å². The van der Waals surface area contributed by atoms with Crippen molar-refractivity contribution in [3.8, 4) is 16.9 Å². The first-order valence-corrected chi connectivity index (χ1v) is 7.33. The summed E-state index contributed by atoms with van der Waals surface area (Å²) in [7, 11) is 0. The molecule has 0 aliphatic carbocycles. The Labute approximate surface area is 134 Å². The number of carbonyl (C=O) groups excluding carboxylic acids is 1. The molecule has 23 heavy (non-hydrogen) atoms. The first-order chi connectivity index (χ1) is 11.2. The summed E-state index contributed by atoms with van der Waals surface area (Å²) < 4.78 is 10.8. The highest BCUT2D eigenvalue weighted by Crippen LogP contribution is 2.29. The molecule has 0 bridgehead atoms. The quantitative estimate of drug-likeness (QED) is 0.392. The third-order valence-electron chi connectivity index (χ3n) is 3.33. The molecule has 114 valence electrons. The Hall–Kier alpha value is -3.07. The number of furan rings is 1. The summed E-state index contributed by atoms with van der Waals surface area (Å²) in [6.07, 6.45) is 2.96. The van der Waals surface area contributed by atoms with E-state index in [1.165, 1.54) is 6.08 Å². The van der Waals surface area contributed by atoms with Gasteiger partial charge in [-0.1, -0.05) is 48.5 Å². The zero-order chi connectivity index (χ0) is 16.1. The van der Waals surface area contributed by atoms with Gasteiger partial charge in [0.2, 0.25) is 0 Å². The molecule has 0 aliphatic rings. The van der Waals surface area contributed by atoms with Crippen molar-refractivity contribution in [2.24, 2.45) is 0 Å². The molecule has 1 aromatic heterocycles. The lowest BCUT2D eigenvalue weighted by atomic mass is 10.1. The fourth-order valence-corrected chi connectivity index (χ4v) is 2.25. The predicted octanol–water partition coefficient (Wildman–Crippen LogP) is 4.87. The first-order valence-electron chi connectivity index (χ1n) is 7.33. The highest BCUT2D eigenvalue weighted by atomic mass is 16.5. The van der Waals surface area contributed by atoms with Crippen LogP contribution in [0.4, 0.5) is 0 Å². The van der Waals surface area contributed by atoms with Gasteiger partial charge in [0.05, 0.1) is 0 Å². The molecule has 0 saturated heterocycles. The van der Waals surface area contributed by atoms with Crippen molar-refractivity contribution in [3.63, 3.8) is 0 Å². The Morgan fingerprint density at radius 3 is 2.43 bits per heavy atom. The molecule has 3 nitrogen and oxygen atoms in total. The Morgan fingerprint density at radius 1 is 0.957 bits per heavy atom. The van der Waals surface area contributed by atoms with Crippen molar-refractivity contribution in [2.45, 2.75) is 6.92 Å². The maximum atomic E-state index is 12.0. The van der Waals surface area contributed by atoms with Gasteiger partial charge in [-0.3, -0.25) is 0 Å². The minimum atomic E-state index is -0.442. The minimum Gasteiger partial charge on any atom is -0.462 e. The van der Waals surface area contributed by atoms with E-state index in [1.807, 2.05) is 61.5 Å². The molecular weight excluding hydrogens is 288 g/mol. The zero-order valence-corrected chi connectivity index (χ0v) is 12.7. The lowest BCUT2D eigenvalue weighted by Crippen LogP contribution is -2.04. The predicted molar refractivity (Wildman–Crippen MR) is 90.0 cm³/mol. The molecule has 0 radical (unpaired) electrons. The number of ether oxygens (including phenoxy) is 1. The fourth-order valence-electron chi connectivity index (χ4n) is 2.25. The Kier molecular flexibility index (Phi) is 4.39. The molecule has 0 saturated carbocycles. The van der Waals surface area contributed by atoms with E-state index in [-0.39, 0.29) is 0 Å². The van der Waals surface area contributed by atoms with Crippen molar-refractivity contribution in [3.05, 3.63) is 84.3 Å². The smallest absolute Gasteiger partial charge is 0.336 e. The molecule has 0 aliphatic heterocycles. The van der Waals surface area contributed by atoms with Crippen LogP contribution in [0, 0.1) is 6.92 Å². The van der Waals surface area contributed by atoms with E-state index in [1.54, 1.807) is 18.2 Å². The molecule has 0 atom stereocenters. The number of carbonyl (C=O) groups is 1. The fraction of sp³-hybridized carbons (Fsp3) is 0.0500. The van der Waals surface area contributed by atoms with Gasteiger partial charge in [0.25, 0.3) is 0 Å². The van der Waals surface area contributed by atoms with Crippen molar-refractivity contribution in [1.82, 2.24) is 0 Å². The Morgan fingerprint density at radius 2 is 1.70 bits per heavy atom. The standard InChI is InChI=1S/C20H16O3/c1-15-11-12-17(22-15)13-14-20(21)23-19-10-6-5-9-18(19)16-7-3-2-4-8-16/h2-14H,1H3/b14-13+. The summed E-state index contributed by atoms with van der Waals surface area (Å²) in [6.45, 7) is 1.85. The molecule has 3 heteroatoms. The molecule has 0 fully saturated rings. The van der Waals surface area contributed by atoms with E-state index < -0.39 is 5.97 Å². The van der Waals surface area contributed by atoms with Gasteiger partial charge >= 0.3 is 5.97 Å². The van der Waals surface area contributed by atoms with E-state index in [4.69, 9.17) is 9.15 Å². The molecular formula is C20H16O3.